The number of pyridine rings is 2. The van der Waals surface area contributed by atoms with Crippen molar-refractivity contribution in [1.29, 1.82) is 0 Å². The molecule has 0 aliphatic heterocycles. The van der Waals surface area contributed by atoms with Gasteiger partial charge in [-0.25, -0.2) is 19.9 Å². The van der Waals surface area contributed by atoms with Crippen LogP contribution in [0, 0.1) is 0 Å². The first kappa shape index (κ1) is 15.7. The second kappa shape index (κ2) is 6.10. The maximum Gasteiger partial charge on any atom is 0.181 e. The molecule has 6 rings (SSSR count). The third kappa shape index (κ3) is 2.50. The summed E-state index contributed by atoms with van der Waals surface area (Å²) < 4.78 is 5.24. The van der Waals surface area contributed by atoms with Crippen LogP contribution in [0.4, 0.5) is 0 Å². The van der Waals surface area contributed by atoms with Crippen LogP contribution in [-0.2, 0) is 0 Å². The number of nitrogens with one attached hydrogen (secondary N) is 2. The Balaban J connectivity index is 1.53. The molecule has 29 heavy (non-hydrogen) atoms. The Bertz CT molecular complexity index is 1450. The number of H-pyrrole nitrogens is 2. The summed E-state index contributed by atoms with van der Waals surface area (Å²) in [5, 5.41) is 9.36. The molecule has 0 amide bonds. The Labute approximate surface area is 163 Å². The van der Waals surface area contributed by atoms with E-state index in [2.05, 4.69) is 41.2 Å². The van der Waals surface area contributed by atoms with Gasteiger partial charge >= 0.3 is 0 Å². The summed E-state index contributed by atoms with van der Waals surface area (Å²) in [5.74, 6) is 0. The number of fused-ring (bicyclic) bond motifs is 2. The van der Waals surface area contributed by atoms with Crippen molar-refractivity contribution >= 4 is 22.1 Å². The van der Waals surface area contributed by atoms with Crippen LogP contribution >= 0.6 is 0 Å². The van der Waals surface area contributed by atoms with Crippen LogP contribution in [0.5, 0.6) is 0 Å². The van der Waals surface area contributed by atoms with E-state index in [0.29, 0.717) is 5.65 Å². The maximum absolute atomic E-state index is 5.24. The lowest BCUT2D eigenvalue weighted by Crippen LogP contribution is -1.85. The summed E-state index contributed by atoms with van der Waals surface area (Å²) in [6, 6.07) is 8.02. The molecule has 0 bridgehead atoms. The van der Waals surface area contributed by atoms with E-state index in [1.807, 2.05) is 18.2 Å². The first-order valence-corrected chi connectivity index (χ1v) is 8.97. The van der Waals surface area contributed by atoms with E-state index < -0.39 is 0 Å². The zero-order valence-corrected chi connectivity index (χ0v) is 15.0. The fraction of sp³-hybridized carbons (Fsp3) is 0. The van der Waals surface area contributed by atoms with Gasteiger partial charge in [-0.05, 0) is 29.8 Å². The van der Waals surface area contributed by atoms with Gasteiger partial charge in [0.1, 0.15) is 12.0 Å². The highest BCUT2D eigenvalue weighted by atomic mass is 16.3. The number of hydrogen-bond donors (Lipinski definition) is 2. The Kier molecular flexibility index (Phi) is 3.30. The van der Waals surface area contributed by atoms with E-state index in [-0.39, 0.29) is 0 Å². The van der Waals surface area contributed by atoms with Crippen LogP contribution in [-0.4, -0.2) is 35.1 Å². The molecule has 0 spiro atoms. The summed E-state index contributed by atoms with van der Waals surface area (Å²) in [7, 11) is 0. The van der Waals surface area contributed by atoms with Gasteiger partial charge in [0.25, 0.3) is 0 Å². The van der Waals surface area contributed by atoms with Gasteiger partial charge < -0.3 is 9.40 Å². The quantitative estimate of drug-likeness (QED) is 0.476. The van der Waals surface area contributed by atoms with E-state index in [9.17, 15) is 0 Å². The lowest BCUT2D eigenvalue weighted by Gasteiger charge is -2.00. The third-order valence-corrected chi connectivity index (χ3v) is 4.94. The van der Waals surface area contributed by atoms with Crippen molar-refractivity contribution in [3.8, 4) is 33.6 Å². The molecule has 0 aliphatic rings. The smallest absolute Gasteiger partial charge is 0.181 e. The molecule has 138 valence electrons. The minimum absolute atomic E-state index is 0.641. The Morgan fingerprint density at radius 3 is 2.66 bits per heavy atom. The number of furan rings is 1. The topological polar surface area (TPSA) is 109 Å². The van der Waals surface area contributed by atoms with E-state index in [4.69, 9.17) is 4.42 Å². The van der Waals surface area contributed by atoms with Gasteiger partial charge in [0, 0.05) is 52.3 Å². The first-order valence-electron chi connectivity index (χ1n) is 8.97. The number of nitrogens with zero attached hydrogens (tertiary/aromatic N) is 5. The molecule has 2 N–H and O–H groups in total. The van der Waals surface area contributed by atoms with Crippen molar-refractivity contribution in [2.75, 3.05) is 0 Å². The Hall–Kier alpha value is -4.33. The molecule has 0 unspecified atom stereocenters. The molecule has 0 saturated carbocycles. The number of hydrogen-bond acceptors (Lipinski definition) is 6. The molecule has 6 aromatic rings. The highest BCUT2D eigenvalue weighted by Crippen LogP contribution is 2.33. The second-order valence-electron chi connectivity index (χ2n) is 6.64. The van der Waals surface area contributed by atoms with Crippen molar-refractivity contribution in [1.82, 2.24) is 35.1 Å². The molecule has 0 aliphatic carbocycles. The zero-order chi connectivity index (χ0) is 19.2. The van der Waals surface area contributed by atoms with Crippen LogP contribution in [0.1, 0.15) is 0 Å². The molecule has 6 aromatic heterocycles. The van der Waals surface area contributed by atoms with Crippen molar-refractivity contribution in [3.05, 3.63) is 67.9 Å². The lowest BCUT2D eigenvalue weighted by atomic mass is 10.1. The van der Waals surface area contributed by atoms with Gasteiger partial charge in [0.2, 0.25) is 0 Å². The van der Waals surface area contributed by atoms with Gasteiger partial charge in [-0.15, -0.1) is 0 Å². The van der Waals surface area contributed by atoms with Gasteiger partial charge in [-0.3, -0.25) is 5.10 Å². The van der Waals surface area contributed by atoms with Crippen LogP contribution in [0.2, 0.25) is 0 Å². The van der Waals surface area contributed by atoms with Crippen molar-refractivity contribution in [2.24, 2.45) is 0 Å². The SMILES string of the molecule is c1ncc(-c2cnc3n[nH]c(-c4cc5c(-c6ccoc6)ccnc5[nH]4)c3c2)cn1. The minimum Gasteiger partial charge on any atom is -0.472 e. The fourth-order valence-electron chi connectivity index (χ4n) is 3.54. The fourth-order valence-corrected chi connectivity index (χ4v) is 3.54. The second-order valence-corrected chi connectivity index (χ2v) is 6.64. The number of aromatic amines is 2. The van der Waals surface area contributed by atoms with Crippen LogP contribution in [0.15, 0.2) is 72.3 Å². The summed E-state index contributed by atoms with van der Waals surface area (Å²) in [5.41, 5.74) is 7.05. The standard InChI is InChI=1S/C21H13N7O/c1-3-24-20-16(15(1)12-2-4-29-10-12)6-18(26-20)19-17-5-13(9-25-21(17)28-27-19)14-7-22-11-23-8-14/h1-11H,(H,24,26)(H,25,27,28). The Morgan fingerprint density at radius 2 is 1.79 bits per heavy atom. The van der Waals surface area contributed by atoms with Crippen LogP contribution in [0.25, 0.3) is 55.7 Å². The highest BCUT2D eigenvalue weighted by Gasteiger charge is 2.15. The van der Waals surface area contributed by atoms with Crippen LogP contribution in [0.3, 0.4) is 0 Å². The number of rotatable bonds is 3. The van der Waals surface area contributed by atoms with Crippen LogP contribution < -0.4 is 0 Å². The molecular weight excluding hydrogens is 366 g/mol. The zero-order valence-electron chi connectivity index (χ0n) is 15.0. The molecule has 8 nitrogen and oxygen atoms in total. The average molecular weight is 379 g/mol. The molecule has 6 heterocycles. The van der Waals surface area contributed by atoms with Gasteiger partial charge in [0.15, 0.2) is 5.65 Å². The molecule has 0 atom stereocenters. The maximum atomic E-state index is 5.24. The first-order chi connectivity index (χ1) is 14.4. The highest BCUT2D eigenvalue weighted by molar-refractivity contribution is 5.99. The summed E-state index contributed by atoms with van der Waals surface area (Å²) in [4.78, 5) is 20.5. The van der Waals surface area contributed by atoms with E-state index >= 15 is 0 Å². The summed E-state index contributed by atoms with van der Waals surface area (Å²) in [6.07, 6.45) is 12.0. The van der Waals surface area contributed by atoms with Gasteiger partial charge in [-0.2, -0.15) is 5.10 Å². The molecule has 0 saturated heterocycles. The predicted molar refractivity (Wildman–Crippen MR) is 108 cm³/mol. The van der Waals surface area contributed by atoms with Crippen molar-refractivity contribution in [3.63, 3.8) is 0 Å². The minimum atomic E-state index is 0.641. The van der Waals surface area contributed by atoms with E-state index in [1.54, 1.807) is 37.3 Å². The van der Waals surface area contributed by atoms with Crippen molar-refractivity contribution in [2.45, 2.75) is 0 Å². The molecule has 0 radical (unpaired) electrons. The average Bonchev–Trinajstić information content (AvgIpc) is 3.52. The van der Waals surface area contributed by atoms with Gasteiger partial charge in [0.05, 0.1) is 23.9 Å². The lowest BCUT2D eigenvalue weighted by molar-refractivity contribution is 0.568. The predicted octanol–water partition coefficient (Wildman–Crippen LogP) is 4.22. The van der Waals surface area contributed by atoms with E-state index in [1.165, 1.54) is 6.33 Å². The normalized spacial score (nSPS) is 11.4. The number of aromatic nitrogens is 7. The largest absolute Gasteiger partial charge is 0.472 e. The third-order valence-electron chi connectivity index (χ3n) is 4.94. The molecule has 8 heteroatoms. The molecule has 0 fully saturated rings. The monoisotopic (exact) mass is 379 g/mol. The Morgan fingerprint density at radius 1 is 0.862 bits per heavy atom. The van der Waals surface area contributed by atoms with Gasteiger partial charge in [-0.1, -0.05) is 0 Å². The molecular formula is C21H13N7O. The van der Waals surface area contributed by atoms with Crippen molar-refractivity contribution < 1.29 is 4.42 Å². The molecule has 0 aromatic carbocycles. The summed E-state index contributed by atoms with van der Waals surface area (Å²) in [6.45, 7) is 0. The van der Waals surface area contributed by atoms with E-state index in [0.717, 1.165) is 50.1 Å². The summed E-state index contributed by atoms with van der Waals surface area (Å²) >= 11 is 0.